The molecule has 2 aromatic carbocycles. The largest absolute Gasteiger partial charge is 0.490 e. The average molecular weight is 521 g/mol. The van der Waals surface area contributed by atoms with Gasteiger partial charge in [0.25, 0.3) is 5.91 Å². The zero-order valence-corrected chi connectivity index (χ0v) is 22.1. The summed E-state index contributed by atoms with van der Waals surface area (Å²) in [6.45, 7) is 9.62. The van der Waals surface area contributed by atoms with Crippen molar-refractivity contribution in [1.29, 1.82) is 0 Å². The van der Waals surface area contributed by atoms with E-state index in [1.54, 1.807) is 16.4 Å². The third-order valence-corrected chi connectivity index (χ3v) is 5.38. The zero-order valence-electron chi connectivity index (χ0n) is 20.5. The van der Waals surface area contributed by atoms with Crippen molar-refractivity contribution in [1.82, 2.24) is 30.8 Å². The summed E-state index contributed by atoms with van der Waals surface area (Å²) >= 11 is 1.59. The average Bonchev–Trinajstić information content (AvgIpc) is 3.26. The van der Waals surface area contributed by atoms with Gasteiger partial charge in [0.1, 0.15) is 0 Å². The molecule has 1 aromatic heterocycles. The first kappa shape index (κ1) is 28.4. The van der Waals surface area contributed by atoms with E-state index in [9.17, 15) is 4.79 Å². The topological polar surface area (TPSA) is 103 Å². The van der Waals surface area contributed by atoms with Crippen molar-refractivity contribution < 1.29 is 14.3 Å². The minimum absolute atomic E-state index is 0. The van der Waals surface area contributed by atoms with Gasteiger partial charge in [-0.25, -0.2) is 0 Å². The first-order valence-electron chi connectivity index (χ1n) is 11.2. The fraction of sp³-hybridized carbons (Fsp3) is 0.417. The second-order valence-electron chi connectivity index (χ2n) is 8.54. The van der Waals surface area contributed by atoms with E-state index in [0.717, 1.165) is 28.7 Å². The van der Waals surface area contributed by atoms with Crippen molar-refractivity contribution >= 4 is 30.1 Å². The van der Waals surface area contributed by atoms with E-state index in [1.165, 1.54) is 0 Å². The Kier molecular flexibility index (Phi) is 11.3. The maximum Gasteiger partial charge on any atom is 0.258 e. The number of thioether (sulfide) groups is 1. The highest BCUT2D eigenvalue weighted by Gasteiger charge is 2.15. The van der Waals surface area contributed by atoms with Gasteiger partial charge in [-0.05, 0) is 68.0 Å². The van der Waals surface area contributed by atoms with Crippen molar-refractivity contribution in [2.45, 2.75) is 44.9 Å². The van der Waals surface area contributed by atoms with Crippen molar-refractivity contribution in [3.05, 3.63) is 54.1 Å². The molecule has 0 fully saturated rings. The Morgan fingerprint density at radius 1 is 1.09 bits per heavy atom. The summed E-state index contributed by atoms with van der Waals surface area (Å²) in [5.74, 6) is 1.83. The van der Waals surface area contributed by atoms with Crippen LogP contribution in [0, 0.1) is 0 Å². The minimum atomic E-state index is -0.301. The van der Waals surface area contributed by atoms with E-state index in [1.807, 2.05) is 76.2 Å². The summed E-state index contributed by atoms with van der Waals surface area (Å²) < 4.78 is 13.2. The lowest BCUT2D eigenvalue weighted by atomic mass is 10.1. The predicted molar refractivity (Wildman–Crippen MR) is 140 cm³/mol. The number of para-hydroxylation sites is 1. The number of aromatic nitrogens is 4. The van der Waals surface area contributed by atoms with Gasteiger partial charge in [-0.15, -0.1) is 17.5 Å². The number of carbonyl (C=O) groups is 1. The van der Waals surface area contributed by atoms with Crippen molar-refractivity contribution in [2.75, 3.05) is 25.5 Å². The second-order valence-corrected chi connectivity index (χ2v) is 9.60. The molecule has 3 rings (SSSR count). The van der Waals surface area contributed by atoms with Crippen LogP contribution in [0.25, 0.3) is 5.69 Å². The van der Waals surface area contributed by atoms with Crippen molar-refractivity contribution in [3.8, 4) is 17.2 Å². The van der Waals surface area contributed by atoms with Gasteiger partial charge < -0.3 is 20.1 Å². The van der Waals surface area contributed by atoms with E-state index in [2.05, 4.69) is 26.2 Å². The summed E-state index contributed by atoms with van der Waals surface area (Å²) in [7, 11) is 0. The summed E-state index contributed by atoms with van der Waals surface area (Å²) in [6, 6.07) is 15.6. The highest BCUT2D eigenvalue weighted by Crippen LogP contribution is 2.28. The molecule has 0 saturated heterocycles. The van der Waals surface area contributed by atoms with Crippen LogP contribution in [0.15, 0.2) is 53.7 Å². The first-order chi connectivity index (χ1) is 16.4. The molecular weight excluding hydrogens is 488 g/mol. The molecule has 0 aliphatic heterocycles. The van der Waals surface area contributed by atoms with E-state index in [0.29, 0.717) is 24.7 Å². The number of ether oxygens (including phenoxy) is 2. The normalized spacial score (nSPS) is 11.0. The van der Waals surface area contributed by atoms with E-state index >= 15 is 0 Å². The molecule has 1 amide bonds. The Labute approximate surface area is 216 Å². The Hall–Kier alpha value is -2.82. The molecule has 3 aromatic rings. The molecule has 0 bridgehead atoms. The third-order valence-electron chi connectivity index (χ3n) is 4.46. The Morgan fingerprint density at radius 2 is 1.86 bits per heavy atom. The van der Waals surface area contributed by atoms with Gasteiger partial charge >= 0.3 is 0 Å². The van der Waals surface area contributed by atoms with Gasteiger partial charge in [-0.2, -0.15) is 4.68 Å². The quantitative estimate of drug-likeness (QED) is 0.275. The number of benzene rings is 2. The number of carbonyl (C=O) groups excluding carboxylic acids is 1. The Balaban J connectivity index is 0.00000432. The lowest BCUT2D eigenvalue weighted by Gasteiger charge is -2.21. The van der Waals surface area contributed by atoms with Crippen LogP contribution in [0.4, 0.5) is 0 Å². The molecule has 0 spiro atoms. The Bertz CT molecular complexity index is 1060. The smallest absolute Gasteiger partial charge is 0.258 e. The summed E-state index contributed by atoms with van der Waals surface area (Å²) in [5.41, 5.74) is 1.70. The van der Waals surface area contributed by atoms with Crippen LogP contribution >= 0.6 is 24.2 Å². The Morgan fingerprint density at radius 3 is 2.57 bits per heavy atom. The molecule has 9 nitrogen and oxygen atoms in total. The summed E-state index contributed by atoms with van der Waals surface area (Å²) in [5, 5.41) is 19.1. The monoisotopic (exact) mass is 520 g/mol. The number of halogens is 1. The number of tetrazole rings is 1. The van der Waals surface area contributed by atoms with E-state index in [4.69, 9.17) is 9.47 Å². The molecule has 0 unspecified atom stereocenters. The molecule has 190 valence electrons. The van der Waals surface area contributed by atoms with Crippen LogP contribution in [-0.4, -0.2) is 57.2 Å². The molecule has 2 N–H and O–H groups in total. The fourth-order valence-corrected chi connectivity index (χ4v) is 3.88. The van der Waals surface area contributed by atoms with Crippen LogP contribution in [-0.2, 0) is 11.3 Å². The number of nitrogens with one attached hydrogen (secondary N) is 2. The first-order valence-corrected chi connectivity index (χ1v) is 12.2. The predicted octanol–water partition coefficient (Wildman–Crippen LogP) is 3.66. The van der Waals surface area contributed by atoms with Crippen molar-refractivity contribution in [2.24, 2.45) is 0 Å². The van der Waals surface area contributed by atoms with Crippen LogP contribution in [0.2, 0.25) is 0 Å². The maximum absolute atomic E-state index is 12.1. The minimum Gasteiger partial charge on any atom is -0.490 e. The van der Waals surface area contributed by atoms with Gasteiger partial charge in [-0.1, -0.05) is 36.0 Å². The maximum atomic E-state index is 12.1. The summed E-state index contributed by atoms with van der Waals surface area (Å²) in [4.78, 5) is 12.1. The molecular formula is C24H33ClN6O3S. The number of nitrogens with zero attached hydrogens (tertiary/aromatic N) is 4. The van der Waals surface area contributed by atoms with E-state index < -0.39 is 0 Å². The van der Waals surface area contributed by atoms with Crippen molar-refractivity contribution in [3.63, 3.8) is 0 Å². The van der Waals surface area contributed by atoms with Gasteiger partial charge in [0, 0.05) is 24.4 Å². The number of hydrogen-bond donors (Lipinski definition) is 2. The molecule has 0 radical (unpaired) electrons. The lowest BCUT2D eigenvalue weighted by Crippen LogP contribution is -2.43. The van der Waals surface area contributed by atoms with Crippen LogP contribution in [0.1, 0.15) is 33.3 Å². The molecule has 0 aliphatic carbocycles. The molecule has 35 heavy (non-hydrogen) atoms. The molecule has 0 saturated carbocycles. The third kappa shape index (κ3) is 9.39. The molecule has 0 atom stereocenters. The standard InChI is InChI=1S/C24H32N6O3S.ClH/c1-5-32-21-15-18(11-12-20(21)33-17-22(31)26-24(2,3)4)16-25-13-14-34-23-27-28-29-30(23)19-9-7-6-8-10-19;/h6-12,15,25H,5,13-14,16-17H2,1-4H3,(H,26,31);1H. The van der Waals surface area contributed by atoms with Gasteiger partial charge in [0.05, 0.1) is 12.3 Å². The highest BCUT2D eigenvalue weighted by atomic mass is 35.5. The van der Waals surface area contributed by atoms with Gasteiger partial charge in [-0.3, -0.25) is 4.79 Å². The van der Waals surface area contributed by atoms with E-state index in [-0.39, 0.29) is 30.5 Å². The lowest BCUT2D eigenvalue weighted by molar-refractivity contribution is -0.124. The van der Waals surface area contributed by atoms with Crippen LogP contribution in [0.5, 0.6) is 11.5 Å². The van der Waals surface area contributed by atoms with Gasteiger partial charge in [0.2, 0.25) is 5.16 Å². The zero-order chi connectivity index (χ0) is 24.4. The fourth-order valence-electron chi connectivity index (χ4n) is 3.09. The number of hydrogen-bond acceptors (Lipinski definition) is 8. The highest BCUT2D eigenvalue weighted by molar-refractivity contribution is 7.99. The molecule has 0 aliphatic rings. The summed E-state index contributed by atoms with van der Waals surface area (Å²) in [6.07, 6.45) is 0. The molecule has 1 heterocycles. The van der Waals surface area contributed by atoms with Crippen LogP contribution in [0.3, 0.4) is 0 Å². The number of rotatable bonds is 12. The number of amides is 1. The van der Waals surface area contributed by atoms with Crippen LogP contribution < -0.4 is 20.1 Å². The molecule has 11 heteroatoms. The SMILES string of the molecule is CCOc1cc(CNCCSc2nnnn2-c2ccccc2)ccc1OCC(=O)NC(C)(C)C.Cl. The van der Waals surface area contributed by atoms with Gasteiger partial charge in [0.15, 0.2) is 18.1 Å². The second kappa shape index (κ2) is 13.9.